The van der Waals surface area contributed by atoms with Crippen LogP contribution in [-0.2, 0) is 0 Å². The number of carbonyl (C=O) groups is 1. The van der Waals surface area contributed by atoms with E-state index in [1.807, 2.05) is 7.05 Å². The van der Waals surface area contributed by atoms with Gasteiger partial charge in [0.05, 0.1) is 0 Å². The summed E-state index contributed by atoms with van der Waals surface area (Å²) < 4.78 is 41.5. The number of likely N-dealkylation sites (tertiary alicyclic amines) is 1. The van der Waals surface area contributed by atoms with Crippen LogP contribution in [0.1, 0.15) is 16.9 Å². The van der Waals surface area contributed by atoms with E-state index in [9.17, 15) is 18.0 Å². The normalized spacial score (nSPS) is 18.5. The Morgan fingerprint density at radius 1 is 1.55 bits per heavy atom. The van der Waals surface area contributed by atoms with E-state index in [0.29, 0.717) is 19.0 Å². The first-order chi connectivity index (χ1) is 10.4. The fourth-order valence-corrected chi connectivity index (χ4v) is 2.45. The van der Waals surface area contributed by atoms with Gasteiger partial charge < -0.3 is 15.0 Å². The molecule has 0 unspecified atom stereocenters. The lowest BCUT2D eigenvalue weighted by Gasteiger charge is -2.18. The largest absolute Gasteiger partial charge is 0.482 e. The average molecular weight is 317 g/mol. The van der Waals surface area contributed by atoms with Gasteiger partial charge in [-0.2, -0.15) is 13.2 Å². The Balaban J connectivity index is 2.07. The van der Waals surface area contributed by atoms with Crippen LogP contribution in [0.15, 0.2) is 18.3 Å². The second-order valence-corrected chi connectivity index (χ2v) is 5.22. The highest BCUT2D eigenvalue weighted by Gasteiger charge is 2.31. The number of aromatic nitrogens is 1. The Kier molecular flexibility index (Phi) is 5.23. The first kappa shape index (κ1) is 16.5. The third kappa shape index (κ3) is 4.33. The van der Waals surface area contributed by atoms with E-state index >= 15 is 0 Å². The lowest BCUT2D eigenvalue weighted by Crippen LogP contribution is -2.31. The van der Waals surface area contributed by atoms with Crippen LogP contribution in [0.3, 0.4) is 0 Å². The lowest BCUT2D eigenvalue weighted by molar-refractivity contribution is -0.153. The molecule has 0 bridgehead atoms. The van der Waals surface area contributed by atoms with Gasteiger partial charge in [-0.25, -0.2) is 4.98 Å². The Bertz CT molecular complexity index is 522. The van der Waals surface area contributed by atoms with Crippen molar-refractivity contribution in [2.45, 2.75) is 12.6 Å². The minimum absolute atomic E-state index is 0.0724. The van der Waals surface area contributed by atoms with E-state index in [1.165, 1.54) is 18.3 Å². The molecule has 1 aliphatic rings. The quantitative estimate of drug-likeness (QED) is 0.898. The number of carbonyl (C=O) groups excluding carboxylic acids is 1. The van der Waals surface area contributed by atoms with E-state index in [2.05, 4.69) is 10.3 Å². The molecule has 2 heterocycles. The van der Waals surface area contributed by atoms with Crippen LogP contribution in [0.4, 0.5) is 13.2 Å². The molecule has 1 amide bonds. The molecule has 1 aromatic heterocycles. The number of hydrogen-bond donors (Lipinski definition) is 1. The molecule has 0 spiro atoms. The summed E-state index contributed by atoms with van der Waals surface area (Å²) >= 11 is 0. The molecular weight excluding hydrogens is 299 g/mol. The molecular formula is C14H18F3N3O2. The van der Waals surface area contributed by atoms with Gasteiger partial charge in [0.25, 0.3) is 5.91 Å². The van der Waals surface area contributed by atoms with Crippen molar-refractivity contribution in [1.82, 2.24) is 15.2 Å². The zero-order chi connectivity index (χ0) is 16.2. The number of nitrogens with zero attached hydrogens (tertiary/aromatic N) is 2. The van der Waals surface area contributed by atoms with Crippen molar-refractivity contribution in [3.8, 4) is 5.75 Å². The van der Waals surface area contributed by atoms with Crippen molar-refractivity contribution in [3.63, 3.8) is 0 Å². The predicted octanol–water partition coefficient (Wildman–Crippen LogP) is 1.70. The van der Waals surface area contributed by atoms with Gasteiger partial charge in [-0.3, -0.25) is 4.79 Å². The summed E-state index contributed by atoms with van der Waals surface area (Å²) in [5, 5.41) is 3.05. The standard InChI is InChI=1S/C14H18F3N3O2/c1-18-7-10-4-6-20(8-10)13(21)12-11(3-2-5-19-12)22-9-14(15,16)17/h2-3,5,10,18H,4,6-9H2,1H3/t10-/m0/s1. The van der Waals surface area contributed by atoms with Gasteiger partial charge in [-0.05, 0) is 38.1 Å². The van der Waals surface area contributed by atoms with Crippen molar-refractivity contribution in [3.05, 3.63) is 24.0 Å². The van der Waals surface area contributed by atoms with E-state index < -0.39 is 18.7 Å². The smallest absolute Gasteiger partial charge is 0.422 e. The van der Waals surface area contributed by atoms with Gasteiger partial charge in [-0.15, -0.1) is 0 Å². The van der Waals surface area contributed by atoms with Crippen molar-refractivity contribution in [1.29, 1.82) is 0 Å². The molecule has 22 heavy (non-hydrogen) atoms. The highest BCUT2D eigenvalue weighted by Crippen LogP contribution is 2.24. The fraction of sp³-hybridized carbons (Fsp3) is 0.571. The Hall–Kier alpha value is -1.83. The minimum Gasteiger partial charge on any atom is -0.482 e. The molecule has 0 saturated carbocycles. The summed E-state index contributed by atoms with van der Waals surface area (Å²) in [5.41, 5.74) is -0.0724. The van der Waals surface area contributed by atoms with Crippen LogP contribution in [0.25, 0.3) is 0 Å². The van der Waals surface area contributed by atoms with Gasteiger partial charge in [0.1, 0.15) is 0 Å². The topological polar surface area (TPSA) is 54.5 Å². The number of halogens is 3. The van der Waals surface area contributed by atoms with Crippen molar-refractivity contribution in [2.75, 3.05) is 33.3 Å². The predicted molar refractivity (Wildman–Crippen MR) is 73.7 cm³/mol. The second kappa shape index (κ2) is 6.95. The summed E-state index contributed by atoms with van der Waals surface area (Å²) in [5.74, 6) is -0.185. The number of hydrogen-bond acceptors (Lipinski definition) is 4. The first-order valence-corrected chi connectivity index (χ1v) is 6.99. The zero-order valence-electron chi connectivity index (χ0n) is 12.2. The van der Waals surface area contributed by atoms with Gasteiger partial charge >= 0.3 is 6.18 Å². The van der Waals surface area contributed by atoms with Crippen molar-refractivity contribution in [2.24, 2.45) is 5.92 Å². The molecule has 1 fully saturated rings. The maximum atomic E-state index is 12.4. The van der Waals surface area contributed by atoms with Gasteiger partial charge in [-0.1, -0.05) is 0 Å². The van der Waals surface area contributed by atoms with Crippen LogP contribution < -0.4 is 10.1 Å². The number of amides is 1. The monoisotopic (exact) mass is 317 g/mol. The highest BCUT2D eigenvalue weighted by molar-refractivity contribution is 5.95. The van der Waals surface area contributed by atoms with Gasteiger partial charge in [0.2, 0.25) is 0 Å². The molecule has 1 N–H and O–H groups in total. The maximum absolute atomic E-state index is 12.4. The Morgan fingerprint density at radius 2 is 2.32 bits per heavy atom. The van der Waals surface area contributed by atoms with Gasteiger partial charge in [0, 0.05) is 19.3 Å². The molecule has 122 valence electrons. The maximum Gasteiger partial charge on any atom is 0.422 e. The molecule has 0 radical (unpaired) electrons. The third-order valence-electron chi connectivity index (χ3n) is 3.43. The van der Waals surface area contributed by atoms with Crippen LogP contribution in [0.2, 0.25) is 0 Å². The molecule has 0 aromatic carbocycles. The number of ether oxygens (including phenoxy) is 1. The summed E-state index contributed by atoms with van der Waals surface area (Å²) in [7, 11) is 1.84. The molecule has 0 aliphatic carbocycles. The molecule has 1 aliphatic heterocycles. The molecule has 1 saturated heterocycles. The second-order valence-electron chi connectivity index (χ2n) is 5.22. The van der Waals surface area contributed by atoms with Crippen LogP contribution in [0.5, 0.6) is 5.75 Å². The van der Waals surface area contributed by atoms with Crippen LogP contribution in [-0.4, -0.2) is 55.3 Å². The summed E-state index contributed by atoms with van der Waals surface area (Å²) in [6.07, 6.45) is -2.23. The Morgan fingerprint density at radius 3 is 3.00 bits per heavy atom. The van der Waals surface area contributed by atoms with Crippen LogP contribution in [0, 0.1) is 5.92 Å². The molecule has 2 rings (SSSR count). The highest BCUT2D eigenvalue weighted by atomic mass is 19.4. The molecule has 5 nitrogen and oxygen atoms in total. The van der Waals surface area contributed by atoms with Gasteiger partial charge in [0.15, 0.2) is 18.1 Å². The molecule has 8 heteroatoms. The van der Waals surface area contributed by atoms with Crippen LogP contribution >= 0.6 is 0 Å². The summed E-state index contributed by atoms with van der Waals surface area (Å²) in [4.78, 5) is 17.9. The molecule has 1 atom stereocenters. The number of alkyl halides is 3. The van der Waals surface area contributed by atoms with Crippen molar-refractivity contribution < 1.29 is 22.7 Å². The Labute approximate surface area is 126 Å². The molecule has 1 aromatic rings. The van der Waals surface area contributed by atoms with E-state index in [0.717, 1.165) is 13.0 Å². The van der Waals surface area contributed by atoms with E-state index in [4.69, 9.17) is 4.74 Å². The fourth-order valence-electron chi connectivity index (χ4n) is 2.45. The number of rotatable bonds is 5. The zero-order valence-corrected chi connectivity index (χ0v) is 12.2. The van der Waals surface area contributed by atoms with Crippen molar-refractivity contribution >= 4 is 5.91 Å². The lowest BCUT2D eigenvalue weighted by atomic mass is 10.1. The van der Waals surface area contributed by atoms with E-state index in [1.54, 1.807) is 4.90 Å². The summed E-state index contributed by atoms with van der Waals surface area (Å²) in [6, 6.07) is 2.77. The summed E-state index contributed by atoms with van der Waals surface area (Å²) in [6.45, 7) is 0.486. The minimum atomic E-state index is -4.46. The third-order valence-corrected chi connectivity index (χ3v) is 3.43. The average Bonchev–Trinajstić information content (AvgIpc) is 2.93. The number of pyridine rings is 1. The first-order valence-electron chi connectivity index (χ1n) is 6.99. The van der Waals surface area contributed by atoms with E-state index in [-0.39, 0.29) is 11.4 Å². The number of nitrogens with one attached hydrogen (secondary N) is 1. The SMILES string of the molecule is CNC[C@@H]1CCN(C(=O)c2ncccc2OCC(F)(F)F)C1.